The SMILES string of the molecule is CCC1CCC(NC(=O)c2ccc(Br)cn2)C1C. The molecule has 1 aromatic rings. The standard InChI is InChI=1S/C14H19BrN2O/c1-3-10-4-6-12(9(10)2)17-14(18)13-7-5-11(15)8-16-13/h5,7-10,12H,3-4,6H2,1-2H3,(H,17,18). The fourth-order valence-corrected chi connectivity index (χ4v) is 3.01. The van der Waals surface area contributed by atoms with Crippen molar-refractivity contribution in [3.8, 4) is 0 Å². The summed E-state index contributed by atoms with van der Waals surface area (Å²) in [6.45, 7) is 4.46. The number of hydrogen-bond acceptors (Lipinski definition) is 2. The van der Waals surface area contributed by atoms with Gasteiger partial charge in [0.2, 0.25) is 0 Å². The lowest BCUT2D eigenvalue weighted by atomic mass is 9.93. The highest BCUT2D eigenvalue weighted by Gasteiger charge is 2.32. The van der Waals surface area contributed by atoms with Crippen LogP contribution in [0.2, 0.25) is 0 Å². The second-order valence-electron chi connectivity index (χ2n) is 5.05. The third kappa shape index (κ3) is 2.91. The summed E-state index contributed by atoms with van der Waals surface area (Å²) >= 11 is 3.32. The lowest BCUT2D eigenvalue weighted by Gasteiger charge is -2.20. The van der Waals surface area contributed by atoms with Gasteiger partial charge < -0.3 is 5.32 Å². The molecule has 0 saturated heterocycles. The average molecular weight is 311 g/mol. The minimum Gasteiger partial charge on any atom is -0.348 e. The van der Waals surface area contributed by atoms with Crippen LogP contribution in [-0.4, -0.2) is 16.9 Å². The summed E-state index contributed by atoms with van der Waals surface area (Å²) in [5.74, 6) is 1.25. The van der Waals surface area contributed by atoms with Crippen LogP contribution in [0.1, 0.15) is 43.6 Å². The fourth-order valence-electron chi connectivity index (χ4n) is 2.78. The van der Waals surface area contributed by atoms with Crippen LogP contribution in [0.15, 0.2) is 22.8 Å². The first-order valence-corrected chi connectivity index (χ1v) is 7.33. The Morgan fingerprint density at radius 2 is 2.28 bits per heavy atom. The molecule has 1 N–H and O–H groups in total. The van der Waals surface area contributed by atoms with E-state index in [1.165, 1.54) is 12.8 Å². The van der Waals surface area contributed by atoms with Gasteiger partial charge in [-0.2, -0.15) is 0 Å². The van der Waals surface area contributed by atoms with Gasteiger partial charge in [0.15, 0.2) is 0 Å². The maximum Gasteiger partial charge on any atom is 0.270 e. The zero-order valence-electron chi connectivity index (χ0n) is 10.8. The molecule has 1 aliphatic carbocycles. The first-order chi connectivity index (χ1) is 8.61. The van der Waals surface area contributed by atoms with Crippen LogP contribution < -0.4 is 5.32 Å². The Hall–Kier alpha value is -0.900. The molecule has 18 heavy (non-hydrogen) atoms. The predicted octanol–water partition coefficient (Wildman–Crippen LogP) is 3.40. The Balaban J connectivity index is 1.98. The molecule has 1 aliphatic rings. The average Bonchev–Trinajstić information content (AvgIpc) is 2.71. The van der Waals surface area contributed by atoms with Crippen LogP contribution in [0.25, 0.3) is 0 Å². The molecule has 0 aliphatic heterocycles. The van der Waals surface area contributed by atoms with Crippen molar-refractivity contribution in [3.05, 3.63) is 28.5 Å². The number of halogens is 1. The van der Waals surface area contributed by atoms with E-state index in [0.29, 0.717) is 17.7 Å². The molecule has 4 heteroatoms. The molecule has 3 unspecified atom stereocenters. The van der Waals surface area contributed by atoms with E-state index in [4.69, 9.17) is 0 Å². The summed E-state index contributed by atoms with van der Waals surface area (Å²) < 4.78 is 0.888. The zero-order chi connectivity index (χ0) is 13.1. The van der Waals surface area contributed by atoms with Gasteiger partial charge >= 0.3 is 0 Å². The first-order valence-electron chi connectivity index (χ1n) is 6.54. The highest BCUT2D eigenvalue weighted by Crippen LogP contribution is 2.33. The summed E-state index contributed by atoms with van der Waals surface area (Å²) in [5, 5.41) is 3.11. The number of nitrogens with zero attached hydrogens (tertiary/aromatic N) is 1. The number of rotatable bonds is 3. The summed E-state index contributed by atoms with van der Waals surface area (Å²) in [6.07, 6.45) is 5.16. The van der Waals surface area contributed by atoms with Gasteiger partial charge in [-0.25, -0.2) is 4.98 Å². The maximum absolute atomic E-state index is 12.1. The lowest BCUT2D eigenvalue weighted by Crippen LogP contribution is -2.37. The molecule has 1 saturated carbocycles. The van der Waals surface area contributed by atoms with Crippen molar-refractivity contribution in [2.45, 2.75) is 39.2 Å². The Kier molecular flexibility index (Phi) is 4.38. The lowest BCUT2D eigenvalue weighted by molar-refractivity contribution is 0.0921. The van der Waals surface area contributed by atoms with Gasteiger partial charge in [0, 0.05) is 16.7 Å². The highest BCUT2D eigenvalue weighted by molar-refractivity contribution is 9.10. The molecular formula is C14H19BrN2O. The van der Waals surface area contributed by atoms with Gasteiger partial charge in [-0.3, -0.25) is 4.79 Å². The van der Waals surface area contributed by atoms with E-state index in [-0.39, 0.29) is 5.91 Å². The van der Waals surface area contributed by atoms with Gasteiger partial charge in [0.25, 0.3) is 5.91 Å². The normalized spacial score (nSPS) is 27.2. The number of hydrogen-bond donors (Lipinski definition) is 1. The van der Waals surface area contributed by atoms with Crippen LogP contribution in [0.3, 0.4) is 0 Å². The van der Waals surface area contributed by atoms with Crippen molar-refractivity contribution in [2.24, 2.45) is 11.8 Å². The van der Waals surface area contributed by atoms with Gasteiger partial charge in [0.05, 0.1) is 0 Å². The van der Waals surface area contributed by atoms with Crippen molar-refractivity contribution in [1.29, 1.82) is 0 Å². The van der Waals surface area contributed by atoms with Crippen molar-refractivity contribution < 1.29 is 4.79 Å². The summed E-state index contributed by atoms with van der Waals surface area (Å²) in [4.78, 5) is 16.2. The molecule has 0 radical (unpaired) electrons. The molecule has 3 nitrogen and oxygen atoms in total. The predicted molar refractivity (Wildman–Crippen MR) is 75.4 cm³/mol. The van der Waals surface area contributed by atoms with Gasteiger partial charge in [0.1, 0.15) is 5.69 Å². The Morgan fingerprint density at radius 3 is 2.83 bits per heavy atom. The van der Waals surface area contributed by atoms with Gasteiger partial charge in [-0.05, 0) is 52.7 Å². The van der Waals surface area contributed by atoms with Crippen LogP contribution in [0, 0.1) is 11.8 Å². The van der Waals surface area contributed by atoms with Crippen molar-refractivity contribution >= 4 is 21.8 Å². The van der Waals surface area contributed by atoms with E-state index in [1.54, 1.807) is 12.3 Å². The minimum atomic E-state index is -0.0592. The molecule has 98 valence electrons. The second-order valence-corrected chi connectivity index (χ2v) is 5.96. The van der Waals surface area contributed by atoms with Crippen LogP contribution >= 0.6 is 15.9 Å². The fraction of sp³-hybridized carbons (Fsp3) is 0.571. The van der Waals surface area contributed by atoms with Gasteiger partial charge in [-0.15, -0.1) is 0 Å². The maximum atomic E-state index is 12.1. The zero-order valence-corrected chi connectivity index (χ0v) is 12.4. The number of nitrogens with one attached hydrogen (secondary N) is 1. The molecule has 1 amide bonds. The van der Waals surface area contributed by atoms with Gasteiger partial charge in [-0.1, -0.05) is 20.3 Å². The van der Waals surface area contributed by atoms with Crippen molar-refractivity contribution in [3.63, 3.8) is 0 Å². The molecule has 1 heterocycles. The topological polar surface area (TPSA) is 42.0 Å². The number of carbonyl (C=O) groups excluding carboxylic acids is 1. The number of carbonyl (C=O) groups is 1. The largest absolute Gasteiger partial charge is 0.348 e. The minimum absolute atomic E-state index is 0.0592. The molecule has 2 rings (SSSR count). The summed E-state index contributed by atoms with van der Waals surface area (Å²) in [6, 6.07) is 3.89. The monoisotopic (exact) mass is 310 g/mol. The quantitative estimate of drug-likeness (QED) is 0.929. The molecule has 0 aromatic carbocycles. The Morgan fingerprint density at radius 1 is 1.50 bits per heavy atom. The molecule has 0 bridgehead atoms. The summed E-state index contributed by atoms with van der Waals surface area (Å²) in [5.41, 5.74) is 0.491. The summed E-state index contributed by atoms with van der Waals surface area (Å²) in [7, 11) is 0. The Bertz CT molecular complexity index is 418. The third-order valence-electron chi connectivity index (χ3n) is 4.03. The third-order valence-corrected chi connectivity index (χ3v) is 4.50. The van der Waals surface area contributed by atoms with Crippen LogP contribution in [0.4, 0.5) is 0 Å². The highest BCUT2D eigenvalue weighted by atomic mass is 79.9. The van der Waals surface area contributed by atoms with E-state index in [2.05, 4.69) is 40.1 Å². The van der Waals surface area contributed by atoms with Crippen molar-refractivity contribution in [1.82, 2.24) is 10.3 Å². The van der Waals surface area contributed by atoms with Crippen LogP contribution in [0.5, 0.6) is 0 Å². The molecule has 1 fully saturated rings. The van der Waals surface area contributed by atoms with E-state index in [9.17, 15) is 4.79 Å². The molecular weight excluding hydrogens is 292 g/mol. The number of amides is 1. The molecule has 3 atom stereocenters. The van der Waals surface area contributed by atoms with E-state index in [0.717, 1.165) is 16.8 Å². The van der Waals surface area contributed by atoms with E-state index < -0.39 is 0 Å². The molecule has 0 spiro atoms. The molecule has 1 aromatic heterocycles. The van der Waals surface area contributed by atoms with Crippen LogP contribution in [-0.2, 0) is 0 Å². The smallest absolute Gasteiger partial charge is 0.270 e. The van der Waals surface area contributed by atoms with Crippen molar-refractivity contribution in [2.75, 3.05) is 0 Å². The number of aromatic nitrogens is 1. The van der Waals surface area contributed by atoms with E-state index >= 15 is 0 Å². The number of pyridine rings is 1. The first kappa shape index (κ1) is 13.5. The van der Waals surface area contributed by atoms with E-state index in [1.807, 2.05) is 6.07 Å². The second kappa shape index (κ2) is 5.83. The Labute approximate surface area is 117 Å².